The van der Waals surface area contributed by atoms with Crippen molar-refractivity contribution in [2.75, 3.05) is 11.9 Å². The Balaban J connectivity index is 1.33. The molecule has 174 valence electrons. The molecule has 34 heavy (non-hydrogen) atoms. The SMILES string of the molecule is CCOc1ccc(Oc2ccc(NC(=O)CCn3c(-c4ccc(C)cc4)n[nH]c3=S)cc2)cc1. The first-order valence-corrected chi connectivity index (χ1v) is 11.5. The molecular weight excluding hydrogens is 448 g/mol. The lowest BCUT2D eigenvalue weighted by Crippen LogP contribution is -2.15. The average Bonchev–Trinajstić information content (AvgIpc) is 3.21. The van der Waals surface area contributed by atoms with Gasteiger partial charge in [0.1, 0.15) is 17.2 Å². The zero-order valence-corrected chi connectivity index (χ0v) is 19.9. The number of rotatable bonds is 9. The first-order chi connectivity index (χ1) is 16.5. The monoisotopic (exact) mass is 474 g/mol. The number of ether oxygens (including phenoxy) is 2. The molecule has 8 heteroatoms. The van der Waals surface area contributed by atoms with Gasteiger partial charge in [-0.15, -0.1) is 0 Å². The number of H-pyrrole nitrogens is 1. The molecule has 1 aromatic heterocycles. The van der Waals surface area contributed by atoms with Gasteiger partial charge in [0.2, 0.25) is 5.91 Å². The molecule has 4 aromatic rings. The molecule has 0 aliphatic heterocycles. The highest BCUT2D eigenvalue weighted by Gasteiger charge is 2.11. The molecule has 0 aliphatic carbocycles. The predicted octanol–water partition coefficient (Wildman–Crippen LogP) is 6.14. The number of anilines is 1. The van der Waals surface area contributed by atoms with Crippen LogP contribution in [0.1, 0.15) is 18.9 Å². The van der Waals surface area contributed by atoms with Crippen molar-refractivity contribution in [3.63, 3.8) is 0 Å². The van der Waals surface area contributed by atoms with Crippen molar-refractivity contribution in [3.8, 4) is 28.6 Å². The molecule has 0 saturated carbocycles. The largest absolute Gasteiger partial charge is 0.494 e. The lowest BCUT2D eigenvalue weighted by molar-refractivity contribution is -0.116. The molecule has 0 bridgehead atoms. The number of carbonyl (C=O) groups excluding carboxylic acids is 1. The van der Waals surface area contributed by atoms with Crippen LogP contribution in [0.15, 0.2) is 72.8 Å². The lowest BCUT2D eigenvalue weighted by atomic mass is 10.1. The summed E-state index contributed by atoms with van der Waals surface area (Å²) in [5.74, 6) is 2.79. The van der Waals surface area contributed by atoms with E-state index in [0.717, 1.165) is 11.3 Å². The number of carbonyl (C=O) groups is 1. The summed E-state index contributed by atoms with van der Waals surface area (Å²) in [4.78, 5) is 12.5. The van der Waals surface area contributed by atoms with Crippen LogP contribution in [0.5, 0.6) is 17.2 Å². The number of nitrogens with zero attached hydrogens (tertiary/aromatic N) is 2. The second kappa shape index (κ2) is 10.8. The van der Waals surface area contributed by atoms with Crippen molar-refractivity contribution in [3.05, 3.63) is 83.1 Å². The maximum atomic E-state index is 12.5. The third-order valence-corrected chi connectivity index (χ3v) is 5.45. The van der Waals surface area contributed by atoms with Crippen molar-refractivity contribution >= 4 is 23.8 Å². The van der Waals surface area contributed by atoms with E-state index in [-0.39, 0.29) is 12.3 Å². The van der Waals surface area contributed by atoms with E-state index in [9.17, 15) is 4.79 Å². The third-order valence-electron chi connectivity index (χ3n) is 5.14. The molecule has 1 heterocycles. The van der Waals surface area contributed by atoms with Gasteiger partial charge in [0.25, 0.3) is 0 Å². The molecule has 0 aliphatic rings. The number of benzene rings is 3. The molecular formula is C26H26N4O3S. The summed E-state index contributed by atoms with van der Waals surface area (Å²) in [5, 5.41) is 10.1. The van der Waals surface area contributed by atoms with Gasteiger partial charge in [-0.25, -0.2) is 0 Å². The number of hydrogen-bond donors (Lipinski definition) is 2. The fraction of sp³-hybridized carbons (Fsp3) is 0.192. The minimum absolute atomic E-state index is 0.113. The molecule has 0 radical (unpaired) electrons. The summed E-state index contributed by atoms with van der Waals surface area (Å²) in [6.45, 7) is 5.02. The third kappa shape index (κ3) is 5.90. The van der Waals surface area contributed by atoms with Gasteiger partial charge >= 0.3 is 0 Å². The predicted molar refractivity (Wildman–Crippen MR) is 135 cm³/mol. The standard InChI is InChI=1S/C26H26N4O3S/c1-3-32-21-12-14-23(15-13-21)33-22-10-8-20(9-11-22)27-24(31)16-17-30-25(28-29-26(30)34)19-6-4-18(2)5-7-19/h4-15H,3,16-17H2,1-2H3,(H,27,31)(H,29,34). The van der Waals surface area contributed by atoms with E-state index in [1.54, 1.807) is 0 Å². The Labute approximate surface area is 203 Å². The first-order valence-electron chi connectivity index (χ1n) is 11.0. The van der Waals surface area contributed by atoms with Crippen LogP contribution >= 0.6 is 12.2 Å². The van der Waals surface area contributed by atoms with Crippen LogP contribution in [-0.2, 0) is 11.3 Å². The highest BCUT2D eigenvalue weighted by Crippen LogP contribution is 2.25. The summed E-state index contributed by atoms with van der Waals surface area (Å²) < 4.78 is 13.6. The molecule has 0 fully saturated rings. The Kier molecular flexibility index (Phi) is 7.39. The van der Waals surface area contributed by atoms with Crippen molar-refractivity contribution in [2.24, 2.45) is 0 Å². The van der Waals surface area contributed by atoms with Crippen LogP contribution in [-0.4, -0.2) is 27.3 Å². The van der Waals surface area contributed by atoms with E-state index in [4.69, 9.17) is 21.7 Å². The Morgan fingerprint density at radius 1 is 0.971 bits per heavy atom. The Hall–Kier alpha value is -3.91. The van der Waals surface area contributed by atoms with Crippen LogP contribution in [0, 0.1) is 11.7 Å². The van der Waals surface area contributed by atoms with Crippen LogP contribution in [0.4, 0.5) is 5.69 Å². The fourth-order valence-electron chi connectivity index (χ4n) is 3.40. The Bertz CT molecular complexity index is 1290. The maximum Gasteiger partial charge on any atom is 0.226 e. The second-order valence-corrected chi connectivity index (χ2v) is 8.09. The molecule has 0 unspecified atom stereocenters. The maximum absolute atomic E-state index is 12.5. The summed E-state index contributed by atoms with van der Waals surface area (Å²) in [5.41, 5.74) is 2.81. The average molecular weight is 475 g/mol. The quantitative estimate of drug-likeness (QED) is 0.285. The molecule has 2 N–H and O–H groups in total. The highest BCUT2D eigenvalue weighted by molar-refractivity contribution is 7.71. The number of aromatic amines is 1. The van der Waals surface area contributed by atoms with Crippen molar-refractivity contribution < 1.29 is 14.3 Å². The van der Waals surface area contributed by atoms with Crippen LogP contribution < -0.4 is 14.8 Å². The first kappa shape index (κ1) is 23.3. The lowest BCUT2D eigenvalue weighted by Gasteiger charge is -2.10. The van der Waals surface area contributed by atoms with E-state index >= 15 is 0 Å². The van der Waals surface area contributed by atoms with E-state index in [0.29, 0.717) is 40.9 Å². The highest BCUT2D eigenvalue weighted by atomic mass is 32.1. The molecule has 4 rings (SSSR count). The van der Waals surface area contributed by atoms with Crippen LogP contribution in [0.3, 0.4) is 0 Å². The van der Waals surface area contributed by atoms with Gasteiger partial charge in [0.15, 0.2) is 10.6 Å². The Morgan fingerprint density at radius 3 is 2.24 bits per heavy atom. The summed E-state index contributed by atoms with van der Waals surface area (Å²) in [6.07, 6.45) is 0.261. The zero-order chi connectivity index (χ0) is 23.9. The van der Waals surface area contributed by atoms with E-state index in [2.05, 4.69) is 15.5 Å². The van der Waals surface area contributed by atoms with Crippen molar-refractivity contribution in [2.45, 2.75) is 26.8 Å². The van der Waals surface area contributed by atoms with E-state index in [1.165, 1.54) is 5.56 Å². The fourth-order valence-corrected chi connectivity index (χ4v) is 3.62. The summed E-state index contributed by atoms with van der Waals surface area (Å²) in [6, 6.07) is 22.7. The number of amides is 1. The molecule has 0 saturated heterocycles. The van der Waals surface area contributed by atoms with Gasteiger partial charge in [0.05, 0.1) is 6.61 Å². The van der Waals surface area contributed by atoms with Gasteiger partial charge < -0.3 is 14.8 Å². The van der Waals surface area contributed by atoms with Crippen LogP contribution in [0.25, 0.3) is 11.4 Å². The minimum Gasteiger partial charge on any atom is -0.494 e. The molecule has 0 spiro atoms. The molecule has 7 nitrogen and oxygen atoms in total. The van der Waals surface area contributed by atoms with Crippen molar-refractivity contribution in [1.82, 2.24) is 14.8 Å². The number of nitrogens with one attached hydrogen (secondary N) is 2. The summed E-state index contributed by atoms with van der Waals surface area (Å²) in [7, 11) is 0. The van der Waals surface area contributed by atoms with E-state index in [1.807, 2.05) is 91.2 Å². The van der Waals surface area contributed by atoms with Crippen molar-refractivity contribution in [1.29, 1.82) is 0 Å². The zero-order valence-electron chi connectivity index (χ0n) is 19.1. The van der Waals surface area contributed by atoms with Gasteiger partial charge in [0, 0.05) is 24.2 Å². The molecule has 1 amide bonds. The van der Waals surface area contributed by atoms with E-state index < -0.39 is 0 Å². The molecule has 3 aromatic carbocycles. The Morgan fingerprint density at radius 2 is 1.59 bits per heavy atom. The van der Waals surface area contributed by atoms with Gasteiger partial charge in [-0.3, -0.25) is 14.5 Å². The number of aryl methyl sites for hydroxylation is 1. The summed E-state index contributed by atoms with van der Waals surface area (Å²) >= 11 is 5.36. The van der Waals surface area contributed by atoms with Gasteiger partial charge in [-0.1, -0.05) is 29.8 Å². The smallest absolute Gasteiger partial charge is 0.226 e. The molecule has 0 atom stereocenters. The number of hydrogen-bond acceptors (Lipinski definition) is 5. The normalized spacial score (nSPS) is 10.6. The topological polar surface area (TPSA) is 81.2 Å². The number of aromatic nitrogens is 3. The second-order valence-electron chi connectivity index (χ2n) is 7.70. The van der Waals surface area contributed by atoms with Gasteiger partial charge in [-0.05, 0) is 74.6 Å². The minimum atomic E-state index is -0.113. The van der Waals surface area contributed by atoms with Gasteiger partial charge in [-0.2, -0.15) is 5.10 Å². The van der Waals surface area contributed by atoms with Crippen LogP contribution in [0.2, 0.25) is 0 Å².